The van der Waals surface area contributed by atoms with Gasteiger partial charge in [-0.15, -0.1) is 0 Å². The van der Waals surface area contributed by atoms with Gasteiger partial charge < -0.3 is 19.9 Å². The minimum Gasteiger partial charge on any atom is -0.496 e. The third-order valence-corrected chi connectivity index (χ3v) is 6.95. The van der Waals surface area contributed by atoms with Gasteiger partial charge in [0.25, 0.3) is 0 Å². The maximum atomic E-state index is 11.6. The largest absolute Gasteiger partial charge is 0.496 e. The zero-order chi connectivity index (χ0) is 22.8. The molecule has 2 fully saturated rings. The summed E-state index contributed by atoms with van der Waals surface area (Å²) in [6.45, 7) is 4.88. The number of anilines is 3. The number of methoxy groups -OCH3 is 1. The summed E-state index contributed by atoms with van der Waals surface area (Å²) in [5, 5.41) is 4.41. The second-order valence-corrected chi connectivity index (χ2v) is 8.96. The average molecular weight is 446 g/mol. The lowest BCUT2D eigenvalue weighted by Crippen LogP contribution is -2.48. The third-order valence-electron chi connectivity index (χ3n) is 6.95. The van der Waals surface area contributed by atoms with Gasteiger partial charge in [-0.05, 0) is 55.2 Å². The molecule has 1 aromatic heterocycles. The topological polar surface area (TPSA) is 70.6 Å². The van der Waals surface area contributed by atoms with Gasteiger partial charge in [0.05, 0.1) is 12.6 Å². The van der Waals surface area contributed by atoms with E-state index in [0.717, 1.165) is 54.2 Å². The van der Waals surface area contributed by atoms with Crippen molar-refractivity contribution in [1.82, 2.24) is 14.9 Å². The molecule has 0 atom stereocenters. The van der Waals surface area contributed by atoms with E-state index >= 15 is 0 Å². The van der Waals surface area contributed by atoms with Crippen LogP contribution in [0.15, 0.2) is 42.6 Å². The van der Waals surface area contributed by atoms with Crippen LogP contribution in [-0.4, -0.2) is 54.1 Å². The van der Waals surface area contributed by atoms with Gasteiger partial charge >= 0.3 is 0 Å². The van der Waals surface area contributed by atoms with Crippen molar-refractivity contribution < 1.29 is 9.53 Å². The van der Waals surface area contributed by atoms with E-state index in [2.05, 4.69) is 39.5 Å². The first-order chi connectivity index (χ1) is 16.1. The number of benzene rings is 2. The molecule has 7 heteroatoms. The number of hydrogen-bond acceptors (Lipinski definition) is 6. The highest BCUT2D eigenvalue weighted by Gasteiger charge is 2.24. The molecule has 2 aromatic carbocycles. The molecule has 172 valence electrons. The van der Waals surface area contributed by atoms with Crippen LogP contribution in [0.5, 0.6) is 5.75 Å². The van der Waals surface area contributed by atoms with Crippen molar-refractivity contribution in [2.24, 2.45) is 0 Å². The third kappa shape index (κ3) is 4.45. The Balaban J connectivity index is 1.35. The van der Waals surface area contributed by atoms with Crippen LogP contribution in [0.3, 0.4) is 0 Å². The molecule has 1 N–H and O–H groups in total. The van der Waals surface area contributed by atoms with E-state index in [9.17, 15) is 4.79 Å². The molecule has 1 saturated carbocycles. The van der Waals surface area contributed by atoms with E-state index in [4.69, 9.17) is 9.72 Å². The molecular weight excluding hydrogens is 414 g/mol. The number of hydrogen-bond donors (Lipinski definition) is 1. The lowest BCUT2D eigenvalue weighted by Gasteiger charge is -2.35. The van der Waals surface area contributed by atoms with Gasteiger partial charge in [-0.25, -0.2) is 9.97 Å². The van der Waals surface area contributed by atoms with Crippen LogP contribution < -0.4 is 15.0 Å². The number of fused-ring (bicyclic) bond motifs is 1. The highest BCUT2D eigenvalue weighted by Crippen LogP contribution is 2.42. The molecule has 1 amide bonds. The molecule has 0 unspecified atom stereocenters. The Labute approximate surface area is 194 Å². The standard InChI is InChI=1S/C26H31N5O2/c1-18(32)30-13-15-31(16-14-30)22-10-8-21(9-11-22)28-26-27-17-20-7-12-23(33-2)24(25(20)29-26)19-5-3-4-6-19/h7-12,17,19H,3-6,13-16H2,1-2H3,(H,27,28,29). The molecule has 0 bridgehead atoms. The maximum Gasteiger partial charge on any atom is 0.227 e. The highest BCUT2D eigenvalue weighted by molar-refractivity contribution is 5.85. The first kappa shape index (κ1) is 21.5. The van der Waals surface area contributed by atoms with Gasteiger partial charge in [-0.2, -0.15) is 0 Å². The Bertz CT molecular complexity index is 1130. The van der Waals surface area contributed by atoms with E-state index in [1.54, 1.807) is 14.0 Å². The van der Waals surface area contributed by atoms with Crippen LogP contribution >= 0.6 is 0 Å². The number of nitrogens with zero attached hydrogens (tertiary/aromatic N) is 4. The fourth-order valence-corrected chi connectivity index (χ4v) is 5.11. The summed E-state index contributed by atoms with van der Waals surface area (Å²) in [5.74, 6) is 2.17. The summed E-state index contributed by atoms with van der Waals surface area (Å²) in [6.07, 6.45) is 6.79. The molecule has 3 aromatic rings. The Kier molecular flexibility index (Phi) is 6.03. The van der Waals surface area contributed by atoms with Gasteiger partial charge in [0.15, 0.2) is 0 Å². The van der Waals surface area contributed by atoms with Crippen LogP contribution in [0.25, 0.3) is 10.9 Å². The minimum atomic E-state index is 0.151. The molecule has 2 heterocycles. The Morgan fingerprint density at radius 1 is 1.03 bits per heavy atom. The normalized spacial score (nSPS) is 16.9. The summed E-state index contributed by atoms with van der Waals surface area (Å²) >= 11 is 0. The quantitative estimate of drug-likeness (QED) is 0.613. The number of carbonyl (C=O) groups excluding carboxylic acids is 1. The number of rotatable bonds is 5. The molecule has 1 aliphatic carbocycles. The van der Waals surface area contributed by atoms with Crippen molar-refractivity contribution in [3.05, 3.63) is 48.2 Å². The van der Waals surface area contributed by atoms with Crippen molar-refractivity contribution in [1.29, 1.82) is 0 Å². The summed E-state index contributed by atoms with van der Waals surface area (Å²) < 4.78 is 5.71. The maximum absolute atomic E-state index is 11.6. The molecule has 0 radical (unpaired) electrons. The number of nitrogens with one attached hydrogen (secondary N) is 1. The van der Waals surface area contributed by atoms with Crippen molar-refractivity contribution in [3.63, 3.8) is 0 Å². The first-order valence-corrected chi connectivity index (χ1v) is 11.8. The van der Waals surface area contributed by atoms with Gasteiger partial charge in [-0.1, -0.05) is 12.8 Å². The van der Waals surface area contributed by atoms with Gasteiger partial charge in [-0.3, -0.25) is 4.79 Å². The predicted molar refractivity (Wildman–Crippen MR) is 131 cm³/mol. The van der Waals surface area contributed by atoms with Gasteiger partial charge in [0, 0.05) is 61.6 Å². The van der Waals surface area contributed by atoms with Gasteiger partial charge in [0.1, 0.15) is 5.75 Å². The van der Waals surface area contributed by atoms with E-state index in [0.29, 0.717) is 11.9 Å². The Hall–Kier alpha value is -3.35. The monoisotopic (exact) mass is 445 g/mol. The lowest BCUT2D eigenvalue weighted by atomic mass is 9.94. The van der Waals surface area contributed by atoms with E-state index in [1.807, 2.05) is 23.2 Å². The number of piperazine rings is 1. The van der Waals surface area contributed by atoms with Crippen molar-refractivity contribution in [2.45, 2.75) is 38.5 Å². The van der Waals surface area contributed by atoms with Crippen LogP contribution in [0.2, 0.25) is 0 Å². The zero-order valence-corrected chi connectivity index (χ0v) is 19.4. The van der Waals surface area contributed by atoms with E-state index < -0.39 is 0 Å². The Morgan fingerprint density at radius 3 is 2.42 bits per heavy atom. The second kappa shape index (κ2) is 9.25. The fourth-order valence-electron chi connectivity index (χ4n) is 5.11. The average Bonchev–Trinajstić information content (AvgIpc) is 3.38. The van der Waals surface area contributed by atoms with E-state index in [-0.39, 0.29) is 5.91 Å². The number of amides is 1. The summed E-state index contributed by atoms with van der Waals surface area (Å²) in [5.41, 5.74) is 4.32. The van der Waals surface area contributed by atoms with Crippen LogP contribution in [-0.2, 0) is 4.79 Å². The highest BCUT2D eigenvalue weighted by atomic mass is 16.5. The first-order valence-electron chi connectivity index (χ1n) is 11.8. The molecule has 0 spiro atoms. The number of aromatic nitrogens is 2. The molecule has 1 saturated heterocycles. The predicted octanol–water partition coefficient (Wildman–Crippen LogP) is 4.71. The molecule has 33 heavy (non-hydrogen) atoms. The summed E-state index contributed by atoms with van der Waals surface area (Å²) in [7, 11) is 1.74. The van der Waals surface area contributed by atoms with E-state index in [1.165, 1.54) is 31.2 Å². The minimum absolute atomic E-state index is 0.151. The van der Waals surface area contributed by atoms with Crippen molar-refractivity contribution in [2.75, 3.05) is 43.5 Å². The fraction of sp³-hybridized carbons (Fsp3) is 0.423. The van der Waals surface area contributed by atoms with Gasteiger partial charge in [0.2, 0.25) is 11.9 Å². The molecule has 1 aliphatic heterocycles. The lowest BCUT2D eigenvalue weighted by molar-refractivity contribution is -0.129. The molecule has 7 nitrogen and oxygen atoms in total. The SMILES string of the molecule is COc1ccc2cnc(Nc3ccc(N4CCN(C(C)=O)CC4)cc3)nc2c1C1CCCC1. The van der Waals surface area contributed by atoms with Crippen LogP contribution in [0.4, 0.5) is 17.3 Å². The molecule has 2 aliphatic rings. The van der Waals surface area contributed by atoms with Crippen LogP contribution in [0.1, 0.15) is 44.1 Å². The number of ether oxygens (including phenoxy) is 1. The number of carbonyl (C=O) groups is 1. The summed E-state index contributed by atoms with van der Waals surface area (Å²) in [6, 6.07) is 12.4. The smallest absolute Gasteiger partial charge is 0.227 e. The molecule has 5 rings (SSSR count). The van der Waals surface area contributed by atoms with Crippen molar-refractivity contribution in [3.8, 4) is 5.75 Å². The van der Waals surface area contributed by atoms with Crippen LogP contribution in [0, 0.1) is 0 Å². The molecular formula is C26H31N5O2. The zero-order valence-electron chi connectivity index (χ0n) is 19.4. The Morgan fingerprint density at radius 2 is 1.76 bits per heavy atom. The summed E-state index contributed by atoms with van der Waals surface area (Å²) in [4.78, 5) is 25.2. The second-order valence-electron chi connectivity index (χ2n) is 8.96. The van der Waals surface area contributed by atoms with Crippen molar-refractivity contribution >= 4 is 34.1 Å².